The van der Waals surface area contributed by atoms with Crippen molar-refractivity contribution in [1.82, 2.24) is 0 Å². The summed E-state index contributed by atoms with van der Waals surface area (Å²) < 4.78 is 5.43. The second-order valence-electron chi connectivity index (χ2n) is 4.69. The van der Waals surface area contributed by atoms with Crippen LogP contribution in [0.15, 0.2) is 42.5 Å². The quantitative estimate of drug-likeness (QED) is 0.823. The molecule has 0 spiro atoms. The maximum Gasteiger partial charge on any atom is 0.262 e. The summed E-state index contributed by atoms with van der Waals surface area (Å²) in [6, 6.07) is 12.2. The number of ether oxygens (including phenoxy) is 1. The minimum Gasteiger partial charge on any atom is -0.484 e. The molecule has 4 nitrogen and oxygen atoms in total. The Morgan fingerprint density at radius 3 is 2.55 bits per heavy atom. The number of carbonyl (C=O) groups excluding carboxylic acids is 1. The van der Waals surface area contributed by atoms with Crippen LogP contribution in [0.5, 0.6) is 5.75 Å². The highest BCUT2D eigenvalue weighted by Gasteiger charge is 2.05. The van der Waals surface area contributed by atoms with Crippen LogP contribution in [0.1, 0.15) is 11.1 Å². The molecule has 2 aromatic carbocycles. The van der Waals surface area contributed by atoms with Crippen LogP contribution < -0.4 is 15.8 Å². The third kappa shape index (κ3) is 4.44. The molecule has 0 aliphatic rings. The average Bonchev–Trinajstić information content (AvgIpc) is 2.49. The Hall–Kier alpha value is -2.11. The van der Waals surface area contributed by atoms with E-state index in [1.807, 2.05) is 6.92 Å². The van der Waals surface area contributed by atoms with E-state index in [0.717, 1.165) is 11.1 Å². The highest BCUT2D eigenvalue weighted by Crippen LogP contribution is 2.21. The Balaban J connectivity index is 1.89. The molecule has 1 amide bonds. The van der Waals surface area contributed by atoms with Crippen molar-refractivity contribution in [2.45, 2.75) is 6.92 Å². The number of nitrogens with two attached hydrogens (primary N) is 1. The molecule has 0 heterocycles. The number of halogens is 1. The van der Waals surface area contributed by atoms with E-state index in [1.165, 1.54) is 0 Å². The topological polar surface area (TPSA) is 64.3 Å². The zero-order valence-corrected chi connectivity index (χ0v) is 13.5. The first-order valence-electron chi connectivity index (χ1n) is 6.54. The number of thiocarbonyl (C=S) groups is 1. The number of benzene rings is 2. The SMILES string of the molecule is Cc1cc(OCC(=O)Nc2ccc(C(N)=S)cc2)ccc1Cl. The molecule has 0 bridgehead atoms. The lowest BCUT2D eigenvalue weighted by Crippen LogP contribution is -2.20. The van der Waals surface area contributed by atoms with Crippen LogP contribution in [0.4, 0.5) is 5.69 Å². The molecule has 0 fully saturated rings. The Morgan fingerprint density at radius 1 is 1.27 bits per heavy atom. The lowest BCUT2D eigenvalue weighted by Gasteiger charge is -2.09. The van der Waals surface area contributed by atoms with Gasteiger partial charge in [-0.05, 0) is 55.0 Å². The van der Waals surface area contributed by atoms with Crippen LogP contribution in [0, 0.1) is 6.92 Å². The first-order valence-corrected chi connectivity index (χ1v) is 7.33. The van der Waals surface area contributed by atoms with Crippen molar-refractivity contribution in [2.75, 3.05) is 11.9 Å². The summed E-state index contributed by atoms with van der Waals surface area (Å²) in [6.45, 7) is 1.79. The van der Waals surface area contributed by atoms with Gasteiger partial charge in [-0.25, -0.2) is 0 Å². The first kappa shape index (κ1) is 16.3. The van der Waals surface area contributed by atoms with Gasteiger partial charge in [0.05, 0.1) is 0 Å². The smallest absolute Gasteiger partial charge is 0.262 e. The van der Waals surface area contributed by atoms with Gasteiger partial charge in [0.1, 0.15) is 10.7 Å². The van der Waals surface area contributed by atoms with Gasteiger partial charge in [0.15, 0.2) is 6.61 Å². The van der Waals surface area contributed by atoms with Crippen molar-refractivity contribution < 1.29 is 9.53 Å². The number of rotatable bonds is 5. The molecule has 2 rings (SSSR count). The van der Waals surface area contributed by atoms with Crippen LogP contribution in [0.3, 0.4) is 0 Å². The van der Waals surface area contributed by atoms with Gasteiger partial charge in [-0.15, -0.1) is 0 Å². The van der Waals surface area contributed by atoms with Crippen LogP contribution in [-0.2, 0) is 4.79 Å². The first-order chi connectivity index (χ1) is 10.5. The molecule has 0 aromatic heterocycles. The summed E-state index contributed by atoms with van der Waals surface area (Å²) in [4.78, 5) is 12.2. The highest BCUT2D eigenvalue weighted by atomic mass is 35.5. The number of hydrogen-bond donors (Lipinski definition) is 2. The van der Waals surface area contributed by atoms with Crippen molar-refractivity contribution in [3.05, 3.63) is 58.6 Å². The summed E-state index contributed by atoms with van der Waals surface area (Å²) in [5, 5.41) is 3.39. The van der Waals surface area contributed by atoms with Gasteiger partial charge in [0, 0.05) is 16.3 Å². The average molecular weight is 335 g/mol. The van der Waals surface area contributed by atoms with Gasteiger partial charge in [-0.2, -0.15) is 0 Å². The van der Waals surface area contributed by atoms with Crippen molar-refractivity contribution in [3.8, 4) is 5.75 Å². The molecule has 114 valence electrons. The third-order valence-electron chi connectivity index (χ3n) is 2.95. The van der Waals surface area contributed by atoms with Crippen LogP contribution in [0.25, 0.3) is 0 Å². The fraction of sp³-hybridized carbons (Fsp3) is 0.125. The van der Waals surface area contributed by atoms with Crippen LogP contribution in [-0.4, -0.2) is 17.5 Å². The zero-order valence-electron chi connectivity index (χ0n) is 11.9. The number of nitrogens with one attached hydrogen (secondary N) is 1. The molecule has 0 unspecified atom stereocenters. The minimum absolute atomic E-state index is 0.0852. The van der Waals surface area contributed by atoms with E-state index in [2.05, 4.69) is 5.32 Å². The van der Waals surface area contributed by atoms with E-state index in [1.54, 1.807) is 42.5 Å². The molecule has 2 aromatic rings. The van der Waals surface area contributed by atoms with Gasteiger partial charge in [-0.1, -0.05) is 23.8 Å². The largest absolute Gasteiger partial charge is 0.484 e. The second-order valence-corrected chi connectivity index (χ2v) is 5.54. The van der Waals surface area contributed by atoms with E-state index in [9.17, 15) is 4.79 Å². The standard InChI is InChI=1S/C16H15ClN2O2S/c1-10-8-13(6-7-14(10)17)21-9-15(20)19-12-4-2-11(3-5-12)16(18)22/h2-8H,9H2,1H3,(H2,18,22)(H,19,20). The van der Waals surface area contributed by atoms with Gasteiger partial charge in [-0.3, -0.25) is 4.79 Å². The van der Waals surface area contributed by atoms with Gasteiger partial charge in [0.2, 0.25) is 0 Å². The monoisotopic (exact) mass is 334 g/mol. The number of anilines is 1. The molecule has 22 heavy (non-hydrogen) atoms. The van der Waals surface area contributed by atoms with E-state index in [0.29, 0.717) is 21.4 Å². The minimum atomic E-state index is -0.254. The lowest BCUT2D eigenvalue weighted by molar-refractivity contribution is -0.118. The predicted molar refractivity (Wildman–Crippen MR) is 92.6 cm³/mol. The lowest BCUT2D eigenvalue weighted by atomic mass is 10.2. The molecule has 0 radical (unpaired) electrons. The molecule has 0 saturated carbocycles. The van der Waals surface area contributed by atoms with Gasteiger partial charge in [0.25, 0.3) is 5.91 Å². The Bertz CT molecular complexity index is 702. The fourth-order valence-corrected chi connectivity index (χ4v) is 2.02. The van der Waals surface area contributed by atoms with E-state index < -0.39 is 0 Å². The van der Waals surface area contributed by atoms with E-state index in [-0.39, 0.29) is 12.5 Å². The highest BCUT2D eigenvalue weighted by molar-refractivity contribution is 7.80. The number of aryl methyl sites for hydroxylation is 1. The van der Waals surface area contributed by atoms with Crippen LogP contribution in [0.2, 0.25) is 5.02 Å². The van der Waals surface area contributed by atoms with Crippen molar-refractivity contribution in [2.24, 2.45) is 5.73 Å². The molecule has 0 atom stereocenters. The normalized spacial score (nSPS) is 10.1. The Morgan fingerprint density at radius 2 is 1.95 bits per heavy atom. The summed E-state index contributed by atoms with van der Waals surface area (Å²) in [6.07, 6.45) is 0. The van der Waals surface area contributed by atoms with Gasteiger partial charge >= 0.3 is 0 Å². The maximum atomic E-state index is 11.8. The second kappa shape index (κ2) is 7.24. The predicted octanol–water partition coefficient (Wildman–Crippen LogP) is 3.30. The fourth-order valence-electron chi connectivity index (χ4n) is 1.77. The van der Waals surface area contributed by atoms with Crippen molar-refractivity contribution >= 4 is 40.4 Å². The van der Waals surface area contributed by atoms with Crippen molar-refractivity contribution in [3.63, 3.8) is 0 Å². The zero-order chi connectivity index (χ0) is 16.1. The molecule has 0 aliphatic heterocycles. The van der Waals surface area contributed by atoms with Gasteiger partial charge < -0.3 is 15.8 Å². The maximum absolute atomic E-state index is 11.8. The summed E-state index contributed by atoms with van der Waals surface area (Å²) in [5.41, 5.74) is 7.82. The molecular weight excluding hydrogens is 320 g/mol. The Labute approximate surface area is 139 Å². The van der Waals surface area contributed by atoms with Crippen molar-refractivity contribution in [1.29, 1.82) is 0 Å². The molecule has 0 aliphatic carbocycles. The molecule has 0 saturated heterocycles. The molecule has 6 heteroatoms. The Kier molecular flexibility index (Phi) is 5.35. The number of hydrogen-bond acceptors (Lipinski definition) is 3. The molecule has 3 N–H and O–H groups in total. The summed E-state index contributed by atoms with van der Waals surface area (Å²) in [5.74, 6) is 0.344. The number of carbonyl (C=O) groups is 1. The summed E-state index contributed by atoms with van der Waals surface area (Å²) in [7, 11) is 0. The van der Waals surface area contributed by atoms with E-state index >= 15 is 0 Å². The van der Waals surface area contributed by atoms with E-state index in [4.69, 9.17) is 34.3 Å². The number of amides is 1. The summed E-state index contributed by atoms with van der Waals surface area (Å²) >= 11 is 10.8. The molecular formula is C16H15ClN2O2S. The third-order valence-corrected chi connectivity index (χ3v) is 3.61. The van der Waals surface area contributed by atoms with Crippen LogP contribution >= 0.6 is 23.8 Å².